The maximum absolute atomic E-state index is 6.06. The van der Waals surface area contributed by atoms with Crippen molar-refractivity contribution in [2.24, 2.45) is 7.05 Å². The summed E-state index contributed by atoms with van der Waals surface area (Å²) >= 11 is 0. The zero-order valence-corrected chi connectivity index (χ0v) is 16.5. The van der Waals surface area contributed by atoms with Crippen LogP contribution in [0.3, 0.4) is 0 Å². The van der Waals surface area contributed by atoms with Gasteiger partial charge in [-0.1, -0.05) is 6.92 Å². The van der Waals surface area contributed by atoms with Crippen LogP contribution in [0.2, 0.25) is 0 Å². The highest BCUT2D eigenvalue weighted by atomic mass is 16.5. The van der Waals surface area contributed by atoms with Crippen LogP contribution in [-0.4, -0.2) is 28.7 Å². The predicted molar refractivity (Wildman–Crippen MR) is 114 cm³/mol. The van der Waals surface area contributed by atoms with E-state index in [0.717, 1.165) is 18.7 Å². The lowest BCUT2D eigenvalue weighted by Crippen LogP contribution is -2.32. The quantitative estimate of drug-likeness (QED) is 0.528. The first-order chi connectivity index (χ1) is 13.1. The molecular weight excluding hydrogens is 334 g/mol. The van der Waals surface area contributed by atoms with Crippen molar-refractivity contribution < 1.29 is 4.74 Å². The van der Waals surface area contributed by atoms with Crippen LogP contribution in [0, 0.1) is 6.92 Å². The highest BCUT2D eigenvalue weighted by molar-refractivity contribution is 6.14. The van der Waals surface area contributed by atoms with Crippen LogP contribution in [0.4, 0.5) is 0 Å². The van der Waals surface area contributed by atoms with Gasteiger partial charge in [-0.05, 0) is 68.1 Å². The molecule has 0 bridgehead atoms. The first-order valence-corrected chi connectivity index (χ1v) is 9.71. The van der Waals surface area contributed by atoms with E-state index in [9.17, 15) is 0 Å². The Bertz CT molecular complexity index is 1110. The molecule has 4 rings (SSSR count). The minimum atomic E-state index is 0.338. The van der Waals surface area contributed by atoms with Crippen LogP contribution in [0.1, 0.15) is 25.8 Å². The molecule has 27 heavy (non-hydrogen) atoms. The molecule has 0 aliphatic carbocycles. The van der Waals surface area contributed by atoms with E-state index in [1.807, 2.05) is 12.4 Å². The summed E-state index contributed by atoms with van der Waals surface area (Å²) in [5, 5.41) is 8.39. The number of fused-ring (bicyclic) bond motifs is 4. The molecule has 0 saturated carbocycles. The van der Waals surface area contributed by atoms with Crippen molar-refractivity contribution in [1.82, 2.24) is 14.9 Å². The number of hydrogen-bond acceptors (Lipinski definition) is 3. The van der Waals surface area contributed by atoms with Crippen LogP contribution >= 0.6 is 0 Å². The second-order valence-electron chi connectivity index (χ2n) is 7.40. The van der Waals surface area contributed by atoms with Gasteiger partial charge in [0, 0.05) is 47.2 Å². The Balaban J connectivity index is 1.77. The number of pyridine rings is 1. The second-order valence-corrected chi connectivity index (χ2v) is 7.40. The summed E-state index contributed by atoms with van der Waals surface area (Å²) in [6, 6.07) is 11.1. The average molecular weight is 361 g/mol. The first kappa shape index (κ1) is 17.8. The maximum atomic E-state index is 6.06. The van der Waals surface area contributed by atoms with Gasteiger partial charge in [-0.15, -0.1) is 0 Å². The van der Waals surface area contributed by atoms with Crippen LogP contribution < -0.4 is 10.1 Å². The maximum Gasteiger partial charge on any atom is 0.120 e. The summed E-state index contributed by atoms with van der Waals surface area (Å²) in [4.78, 5) is 4.30. The van der Waals surface area contributed by atoms with Crippen molar-refractivity contribution in [2.45, 2.75) is 33.2 Å². The Morgan fingerprint density at radius 3 is 2.81 bits per heavy atom. The highest BCUT2D eigenvalue weighted by Gasteiger charge is 2.14. The Kier molecular flexibility index (Phi) is 4.75. The minimum Gasteiger partial charge on any atom is -0.492 e. The van der Waals surface area contributed by atoms with Crippen molar-refractivity contribution in [1.29, 1.82) is 0 Å². The van der Waals surface area contributed by atoms with Crippen molar-refractivity contribution in [3.63, 3.8) is 0 Å². The van der Waals surface area contributed by atoms with Gasteiger partial charge in [-0.2, -0.15) is 0 Å². The van der Waals surface area contributed by atoms with Crippen LogP contribution in [-0.2, 0) is 7.05 Å². The molecular formula is C23H27N3O. The molecule has 2 aromatic carbocycles. The third kappa shape index (κ3) is 3.15. The topological polar surface area (TPSA) is 39.1 Å². The highest BCUT2D eigenvalue weighted by Crippen LogP contribution is 2.36. The molecule has 140 valence electrons. The van der Waals surface area contributed by atoms with E-state index in [1.165, 1.54) is 38.1 Å². The zero-order chi connectivity index (χ0) is 19.0. The predicted octanol–water partition coefficient (Wildman–Crippen LogP) is 4.96. The summed E-state index contributed by atoms with van der Waals surface area (Å²) in [5.74, 6) is 0.920. The van der Waals surface area contributed by atoms with Gasteiger partial charge in [-0.3, -0.25) is 4.98 Å². The van der Waals surface area contributed by atoms with Gasteiger partial charge in [0.2, 0.25) is 0 Å². The van der Waals surface area contributed by atoms with E-state index < -0.39 is 0 Å². The summed E-state index contributed by atoms with van der Waals surface area (Å²) in [6.45, 7) is 8.22. The van der Waals surface area contributed by atoms with Crippen molar-refractivity contribution in [3.8, 4) is 5.75 Å². The molecule has 4 aromatic rings. The van der Waals surface area contributed by atoms with Gasteiger partial charge < -0.3 is 14.6 Å². The van der Waals surface area contributed by atoms with Crippen molar-refractivity contribution in [2.75, 3.05) is 13.2 Å². The third-order valence-electron chi connectivity index (χ3n) is 5.36. The summed E-state index contributed by atoms with van der Waals surface area (Å²) in [5.41, 5.74) is 3.79. The summed E-state index contributed by atoms with van der Waals surface area (Å²) in [6.07, 6.45) is 4.94. The number of hydrogen-bond donors (Lipinski definition) is 1. The zero-order valence-electron chi connectivity index (χ0n) is 16.5. The van der Waals surface area contributed by atoms with Gasteiger partial charge in [0.15, 0.2) is 0 Å². The number of nitrogens with one attached hydrogen (secondary N) is 1. The van der Waals surface area contributed by atoms with Crippen LogP contribution in [0.15, 0.2) is 42.7 Å². The standard InChI is InChI=1S/C23H27N3O/c1-5-9-25-15(2)14-27-18-6-7-22-20(12-18)21-11-17-13-24-10-8-19(17)16(3)23(21)26(22)4/h6-8,10-13,15,25H,5,9,14H2,1-4H3. The average Bonchev–Trinajstić information content (AvgIpc) is 2.97. The van der Waals surface area contributed by atoms with Crippen molar-refractivity contribution in [3.05, 3.63) is 48.3 Å². The molecule has 2 heterocycles. The molecule has 4 nitrogen and oxygen atoms in total. The number of aromatic nitrogens is 2. The Morgan fingerprint density at radius 1 is 1.15 bits per heavy atom. The Labute approximate surface area is 160 Å². The van der Waals surface area contributed by atoms with Gasteiger partial charge in [-0.25, -0.2) is 0 Å². The van der Waals surface area contributed by atoms with E-state index in [1.54, 1.807) is 0 Å². The normalized spacial score (nSPS) is 12.9. The molecule has 0 radical (unpaired) electrons. The molecule has 0 aliphatic heterocycles. The Morgan fingerprint density at radius 2 is 2.00 bits per heavy atom. The first-order valence-electron chi connectivity index (χ1n) is 9.71. The number of rotatable bonds is 6. The Hall–Kier alpha value is -2.59. The lowest BCUT2D eigenvalue weighted by molar-refractivity contribution is 0.274. The molecule has 0 aliphatic rings. The van der Waals surface area contributed by atoms with Gasteiger partial charge in [0.05, 0.1) is 5.52 Å². The smallest absolute Gasteiger partial charge is 0.120 e. The molecule has 0 fully saturated rings. The van der Waals surface area contributed by atoms with Crippen LogP contribution in [0.5, 0.6) is 5.75 Å². The summed E-state index contributed by atoms with van der Waals surface area (Å²) in [7, 11) is 2.14. The largest absolute Gasteiger partial charge is 0.492 e. The molecule has 1 N–H and O–H groups in total. The molecule has 0 amide bonds. The lowest BCUT2D eigenvalue weighted by atomic mass is 10.0. The monoisotopic (exact) mass is 361 g/mol. The molecule has 0 spiro atoms. The van der Waals surface area contributed by atoms with E-state index >= 15 is 0 Å². The van der Waals surface area contributed by atoms with Gasteiger partial charge in [0.25, 0.3) is 0 Å². The SMILES string of the molecule is CCCNC(C)COc1ccc2c(c1)c1cc3cnccc3c(C)c1n2C. The van der Waals surface area contributed by atoms with E-state index in [2.05, 4.69) is 73.0 Å². The lowest BCUT2D eigenvalue weighted by Gasteiger charge is -2.14. The van der Waals surface area contributed by atoms with Gasteiger partial charge >= 0.3 is 0 Å². The van der Waals surface area contributed by atoms with Gasteiger partial charge in [0.1, 0.15) is 12.4 Å². The fourth-order valence-electron chi connectivity index (χ4n) is 3.96. The van der Waals surface area contributed by atoms with E-state index in [0.29, 0.717) is 12.6 Å². The summed E-state index contributed by atoms with van der Waals surface area (Å²) < 4.78 is 8.35. The minimum absolute atomic E-state index is 0.338. The molecule has 2 aromatic heterocycles. The number of benzene rings is 2. The van der Waals surface area contributed by atoms with E-state index in [4.69, 9.17) is 4.74 Å². The second kappa shape index (κ2) is 7.20. The number of aryl methyl sites for hydroxylation is 2. The molecule has 4 heteroatoms. The fraction of sp³-hybridized carbons (Fsp3) is 0.348. The molecule has 1 unspecified atom stereocenters. The number of ether oxygens (including phenoxy) is 1. The van der Waals surface area contributed by atoms with Crippen LogP contribution in [0.25, 0.3) is 32.6 Å². The molecule has 0 saturated heterocycles. The fourth-order valence-corrected chi connectivity index (χ4v) is 3.96. The van der Waals surface area contributed by atoms with E-state index in [-0.39, 0.29) is 0 Å². The van der Waals surface area contributed by atoms with Crippen molar-refractivity contribution >= 4 is 32.6 Å². The molecule has 1 atom stereocenters. The third-order valence-corrected chi connectivity index (χ3v) is 5.36. The number of nitrogens with zero attached hydrogens (tertiary/aromatic N) is 2.